The van der Waals surface area contributed by atoms with Gasteiger partial charge in [0, 0.05) is 61.4 Å². The molecule has 1 aromatic carbocycles. The number of aromatic carboxylic acids is 1. The predicted molar refractivity (Wildman–Crippen MR) is 128 cm³/mol. The van der Waals surface area contributed by atoms with Crippen molar-refractivity contribution in [2.24, 2.45) is 0 Å². The van der Waals surface area contributed by atoms with E-state index in [-0.39, 0.29) is 29.6 Å². The minimum atomic E-state index is -1.04. The van der Waals surface area contributed by atoms with Crippen LogP contribution in [0.4, 0.5) is 11.5 Å². The summed E-state index contributed by atoms with van der Waals surface area (Å²) in [5.41, 5.74) is 1.55. The molecule has 2 atom stereocenters. The molecule has 3 heterocycles. The van der Waals surface area contributed by atoms with Crippen LogP contribution in [-0.4, -0.2) is 66.6 Å². The highest BCUT2D eigenvalue weighted by Gasteiger charge is 2.41. The number of methoxy groups -OCH3 is 1. The molecular formula is C25H30N4O5. The minimum absolute atomic E-state index is 0.0350. The van der Waals surface area contributed by atoms with E-state index in [1.165, 1.54) is 6.07 Å². The molecule has 2 fully saturated rings. The third kappa shape index (κ3) is 5.20. The van der Waals surface area contributed by atoms with Gasteiger partial charge < -0.3 is 25.4 Å². The molecule has 3 N–H and O–H groups in total. The summed E-state index contributed by atoms with van der Waals surface area (Å²) < 4.78 is 5.03. The normalized spacial score (nSPS) is 21.2. The zero-order valence-corrected chi connectivity index (χ0v) is 19.2. The highest BCUT2D eigenvalue weighted by Crippen LogP contribution is 2.38. The molecule has 2 aromatic rings. The van der Waals surface area contributed by atoms with E-state index in [1.54, 1.807) is 31.5 Å². The van der Waals surface area contributed by atoms with Crippen LogP contribution in [0.1, 0.15) is 63.2 Å². The van der Waals surface area contributed by atoms with Crippen LogP contribution in [-0.2, 0) is 4.74 Å². The van der Waals surface area contributed by atoms with Gasteiger partial charge in [-0.25, -0.2) is 9.78 Å². The Morgan fingerprint density at radius 1 is 1.21 bits per heavy atom. The van der Waals surface area contributed by atoms with Gasteiger partial charge in [-0.15, -0.1) is 0 Å². The summed E-state index contributed by atoms with van der Waals surface area (Å²) in [5, 5.41) is 15.7. The van der Waals surface area contributed by atoms with Crippen molar-refractivity contribution < 1.29 is 24.2 Å². The second-order valence-corrected chi connectivity index (χ2v) is 8.84. The molecule has 1 amide bonds. The van der Waals surface area contributed by atoms with Gasteiger partial charge in [0.25, 0.3) is 5.91 Å². The van der Waals surface area contributed by atoms with Crippen molar-refractivity contribution in [2.45, 2.75) is 50.2 Å². The zero-order valence-electron chi connectivity index (χ0n) is 19.2. The Balaban J connectivity index is 1.41. The number of pyridine rings is 1. The molecule has 180 valence electrons. The number of aromatic nitrogens is 1. The van der Waals surface area contributed by atoms with Crippen molar-refractivity contribution >= 4 is 29.7 Å². The molecule has 4 rings (SSSR count). The standard InChI is InChI=1S/C25H30N4O5/c1-34-10-2-9-26-22-11-17(4-7-21(22)25(32)33)24(31)28-18-12-19-5-6-20(13-18)29(19)23-8-3-16(15-30)14-27-23/h3-4,7-8,11,14-15,18-20,26H,2,5-6,9-10,12-13H2,1H3,(H,28,31)(H,32,33). The van der Waals surface area contributed by atoms with E-state index >= 15 is 0 Å². The number of amides is 1. The quantitative estimate of drug-likeness (QED) is 0.361. The lowest BCUT2D eigenvalue weighted by atomic mass is 9.96. The van der Waals surface area contributed by atoms with Crippen LogP contribution in [0.3, 0.4) is 0 Å². The number of carbonyl (C=O) groups is 3. The van der Waals surface area contributed by atoms with Crippen molar-refractivity contribution in [3.63, 3.8) is 0 Å². The fraction of sp³-hybridized carbons (Fsp3) is 0.440. The number of hydrogen-bond donors (Lipinski definition) is 3. The monoisotopic (exact) mass is 466 g/mol. The maximum Gasteiger partial charge on any atom is 0.337 e. The first-order valence-electron chi connectivity index (χ1n) is 11.6. The molecule has 0 aliphatic carbocycles. The number of piperidine rings is 1. The van der Waals surface area contributed by atoms with E-state index in [2.05, 4.69) is 20.5 Å². The number of nitrogens with zero attached hydrogens (tertiary/aromatic N) is 2. The van der Waals surface area contributed by atoms with E-state index in [0.717, 1.165) is 44.2 Å². The molecule has 0 spiro atoms. The zero-order chi connectivity index (χ0) is 24.1. The van der Waals surface area contributed by atoms with Crippen molar-refractivity contribution in [1.29, 1.82) is 0 Å². The number of anilines is 2. The summed E-state index contributed by atoms with van der Waals surface area (Å²) in [7, 11) is 1.62. The van der Waals surface area contributed by atoms with E-state index in [0.29, 0.717) is 30.0 Å². The SMILES string of the molecule is COCCCNc1cc(C(=O)NC2CC3CCC(C2)N3c2ccc(C=O)cn2)ccc1C(=O)O. The highest BCUT2D eigenvalue weighted by molar-refractivity contribution is 6.00. The number of fused-ring (bicyclic) bond motifs is 2. The summed E-state index contributed by atoms with van der Waals surface area (Å²) in [6, 6.07) is 8.90. The van der Waals surface area contributed by atoms with E-state index in [9.17, 15) is 19.5 Å². The molecule has 1 aromatic heterocycles. The van der Waals surface area contributed by atoms with Gasteiger partial charge in [-0.1, -0.05) is 0 Å². The highest BCUT2D eigenvalue weighted by atomic mass is 16.5. The fourth-order valence-corrected chi connectivity index (χ4v) is 5.02. The lowest BCUT2D eigenvalue weighted by Crippen LogP contribution is -2.50. The van der Waals surface area contributed by atoms with Crippen molar-refractivity contribution in [1.82, 2.24) is 10.3 Å². The molecule has 2 bridgehead atoms. The second kappa shape index (κ2) is 10.6. The fourth-order valence-electron chi connectivity index (χ4n) is 5.02. The molecule has 2 saturated heterocycles. The minimum Gasteiger partial charge on any atom is -0.478 e. The van der Waals surface area contributed by atoms with Gasteiger partial charge in [0.2, 0.25) is 0 Å². The molecule has 2 aliphatic heterocycles. The number of carboxylic acids is 1. The van der Waals surface area contributed by atoms with Crippen LogP contribution in [0, 0.1) is 0 Å². The average Bonchev–Trinajstić information content (AvgIpc) is 3.11. The molecule has 9 nitrogen and oxygen atoms in total. The van der Waals surface area contributed by atoms with Gasteiger partial charge in [0.05, 0.1) is 5.56 Å². The van der Waals surface area contributed by atoms with Gasteiger partial charge >= 0.3 is 5.97 Å². The predicted octanol–water partition coefficient (Wildman–Crippen LogP) is 2.97. The molecule has 34 heavy (non-hydrogen) atoms. The number of benzene rings is 1. The maximum absolute atomic E-state index is 13.0. The lowest BCUT2D eigenvalue weighted by Gasteiger charge is -2.40. The summed E-state index contributed by atoms with van der Waals surface area (Å²) in [6.07, 6.45) is 6.81. The van der Waals surface area contributed by atoms with Gasteiger partial charge in [0.15, 0.2) is 6.29 Å². The molecule has 9 heteroatoms. The third-order valence-corrected chi connectivity index (χ3v) is 6.59. The van der Waals surface area contributed by atoms with E-state index in [1.807, 2.05) is 6.07 Å². The topological polar surface area (TPSA) is 121 Å². The number of hydrogen-bond acceptors (Lipinski definition) is 7. The van der Waals surface area contributed by atoms with Crippen LogP contribution in [0.15, 0.2) is 36.5 Å². The van der Waals surface area contributed by atoms with Crippen LogP contribution < -0.4 is 15.5 Å². The maximum atomic E-state index is 13.0. The molecule has 2 unspecified atom stereocenters. The molecule has 0 saturated carbocycles. The van der Waals surface area contributed by atoms with E-state index < -0.39 is 5.97 Å². The number of carboxylic acid groups (broad SMARTS) is 1. The Kier molecular flexibility index (Phi) is 7.42. The first-order valence-corrected chi connectivity index (χ1v) is 11.6. The van der Waals surface area contributed by atoms with Gasteiger partial charge in [-0.3, -0.25) is 9.59 Å². The van der Waals surface area contributed by atoms with Gasteiger partial charge in [-0.05, 0) is 62.4 Å². The van der Waals surface area contributed by atoms with Crippen LogP contribution in [0.5, 0.6) is 0 Å². The Bertz CT molecular complexity index is 1030. The number of nitrogens with one attached hydrogen (secondary N) is 2. The number of rotatable bonds is 10. The summed E-state index contributed by atoms with van der Waals surface area (Å²) in [4.78, 5) is 42.3. The Morgan fingerprint density at radius 2 is 1.97 bits per heavy atom. The third-order valence-electron chi connectivity index (χ3n) is 6.59. The number of aldehydes is 1. The second-order valence-electron chi connectivity index (χ2n) is 8.84. The number of ether oxygens (including phenoxy) is 1. The molecular weight excluding hydrogens is 436 g/mol. The first-order chi connectivity index (χ1) is 16.5. The Morgan fingerprint density at radius 3 is 2.59 bits per heavy atom. The first kappa shape index (κ1) is 23.7. The Hall–Kier alpha value is -3.46. The van der Waals surface area contributed by atoms with E-state index in [4.69, 9.17) is 4.74 Å². The average molecular weight is 467 g/mol. The van der Waals surface area contributed by atoms with Crippen molar-refractivity contribution in [2.75, 3.05) is 30.5 Å². The van der Waals surface area contributed by atoms with Crippen LogP contribution in [0.25, 0.3) is 0 Å². The van der Waals surface area contributed by atoms with Crippen LogP contribution in [0.2, 0.25) is 0 Å². The molecule has 2 aliphatic rings. The molecule has 0 radical (unpaired) electrons. The summed E-state index contributed by atoms with van der Waals surface area (Å²) in [6.45, 7) is 1.11. The van der Waals surface area contributed by atoms with Crippen molar-refractivity contribution in [3.05, 3.63) is 53.2 Å². The summed E-state index contributed by atoms with van der Waals surface area (Å²) in [5.74, 6) is -0.376. The Labute approximate surface area is 198 Å². The largest absolute Gasteiger partial charge is 0.478 e. The number of carbonyl (C=O) groups excluding carboxylic acids is 2. The van der Waals surface area contributed by atoms with Crippen LogP contribution >= 0.6 is 0 Å². The smallest absolute Gasteiger partial charge is 0.337 e. The van der Waals surface area contributed by atoms with Gasteiger partial charge in [-0.2, -0.15) is 0 Å². The van der Waals surface area contributed by atoms with Gasteiger partial charge in [0.1, 0.15) is 5.82 Å². The van der Waals surface area contributed by atoms with Crippen molar-refractivity contribution in [3.8, 4) is 0 Å². The lowest BCUT2D eigenvalue weighted by molar-refractivity contribution is 0.0697. The summed E-state index contributed by atoms with van der Waals surface area (Å²) >= 11 is 0.